The van der Waals surface area contributed by atoms with Crippen molar-refractivity contribution < 1.29 is 14.3 Å². The summed E-state index contributed by atoms with van der Waals surface area (Å²) in [5.41, 5.74) is 0. The lowest BCUT2D eigenvalue weighted by Gasteiger charge is -2.05. The summed E-state index contributed by atoms with van der Waals surface area (Å²) in [7, 11) is 2.81. The highest BCUT2D eigenvalue weighted by Crippen LogP contribution is 2.21. The van der Waals surface area contributed by atoms with E-state index in [1.807, 2.05) is 0 Å². The predicted octanol–water partition coefficient (Wildman–Crippen LogP) is 0.833. The van der Waals surface area contributed by atoms with E-state index < -0.39 is 0 Å². The maximum atomic E-state index is 10.8. The van der Waals surface area contributed by atoms with Crippen molar-refractivity contribution in [3.8, 4) is 5.88 Å². The van der Waals surface area contributed by atoms with Crippen LogP contribution in [0.2, 0.25) is 0 Å². The number of rotatable bonds is 4. The van der Waals surface area contributed by atoms with Crippen molar-refractivity contribution in [2.45, 2.75) is 0 Å². The van der Waals surface area contributed by atoms with Gasteiger partial charge >= 0.3 is 5.97 Å². The van der Waals surface area contributed by atoms with E-state index in [-0.39, 0.29) is 12.5 Å². The standard InChI is InChI=1S/C8H10BrN3O3/c1-14-6(13)4-11-8-10-3-5(9)7(12-8)15-2/h3H,4H2,1-2H3,(H,10,11,12). The lowest BCUT2D eigenvalue weighted by atomic mass is 10.6. The van der Waals surface area contributed by atoms with Gasteiger partial charge in [0.1, 0.15) is 6.54 Å². The number of methoxy groups -OCH3 is 2. The number of hydrogen-bond acceptors (Lipinski definition) is 6. The Balaban J connectivity index is 2.66. The van der Waals surface area contributed by atoms with E-state index in [4.69, 9.17) is 4.74 Å². The van der Waals surface area contributed by atoms with Crippen LogP contribution in [-0.2, 0) is 9.53 Å². The van der Waals surface area contributed by atoms with Crippen molar-refractivity contribution in [2.24, 2.45) is 0 Å². The summed E-state index contributed by atoms with van der Waals surface area (Å²) < 4.78 is 10.1. The minimum absolute atomic E-state index is 0.0152. The number of esters is 1. The minimum Gasteiger partial charge on any atom is -0.480 e. The van der Waals surface area contributed by atoms with Crippen LogP contribution in [0, 0.1) is 0 Å². The Morgan fingerprint density at radius 3 is 2.93 bits per heavy atom. The van der Waals surface area contributed by atoms with Gasteiger partial charge in [0.2, 0.25) is 11.8 Å². The molecule has 0 aromatic carbocycles. The molecule has 1 N–H and O–H groups in total. The summed E-state index contributed by atoms with van der Waals surface area (Å²) >= 11 is 3.21. The predicted molar refractivity (Wildman–Crippen MR) is 56.8 cm³/mol. The van der Waals surface area contributed by atoms with Gasteiger partial charge in [-0.05, 0) is 15.9 Å². The van der Waals surface area contributed by atoms with Gasteiger partial charge in [-0.2, -0.15) is 4.98 Å². The normalized spacial score (nSPS) is 9.53. The lowest BCUT2D eigenvalue weighted by molar-refractivity contribution is -0.138. The number of carbonyl (C=O) groups excluding carboxylic acids is 1. The molecule has 82 valence electrons. The number of nitrogens with zero attached hydrogens (tertiary/aromatic N) is 2. The van der Waals surface area contributed by atoms with Gasteiger partial charge in [0.15, 0.2) is 0 Å². The van der Waals surface area contributed by atoms with Gasteiger partial charge < -0.3 is 14.8 Å². The molecule has 0 amide bonds. The number of ether oxygens (including phenoxy) is 2. The number of aromatic nitrogens is 2. The summed E-state index contributed by atoms with van der Waals surface area (Å²) in [6.45, 7) is 0.0152. The molecule has 15 heavy (non-hydrogen) atoms. The smallest absolute Gasteiger partial charge is 0.325 e. The molecule has 1 rings (SSSR count). The molecule has 7 heteroatoms. The van der Waals surface area contributed by atoms with Crippen molar-refractivity contribution in [2.75, 3.05) is 26.1 Å². The third-order valence-corrected chi connectivity index (χ3v) is 2.07. The van der Waals surface area contributed by atoms with Crippen LogP contribution in [-0.4, -0.2) is 36.7 Å². The maximum absolute atomic E-state index is 10.8. The largest absolute Gasteiger partial charge is 0.480 e. The van der Waals surface area contributed by atoms with Crippen LogP contribution in [0.1, 0.15) is 0 Å². The molecular formula is C8H10BrN3O3. The van der Waals surface area contributed by atoms with Gasteiger partial charge in [-0.25, -0.2) is 4.98 Å². The second-order valence-electron chi connectivity index (χ2n) is 2.48. The van der Waals surface area contributed by atoms with Gasteiger partial charge in [0.25, 0.3) is 0 Å². The fourth-order valence-electron chi connectivity index (χ4n) is 0.803. The summed E-state index contributed by atoms with van der Waals surface area (Å²) in [4.78, 5) is 18.8. The number of anilines is 1. The van der Waals surface area contributed by atoms with Crippen molar-refractivity contribution in [3.63, 3.8) is 0 Å². The third kappa shape index (κ3) is 3.35. The fraction of sp³-hybridized carbons (Fsp3) is 0.375. The second-order valence-corrected chi connectivity index (χ2v) is 3.33. The molecule has 6 nitrogen and oxygen atoms in total. The average Bonchev–Trinajstić information content (AvgIpc) is 2.27. The first-order valence-corrected chi connectivity index (χ1v) is 4.84. The highest BCUT2D eigenvalue weighted by molar-refractivity contribution is 9.10. The first-order chi connectivity index (χ1) is 7.17. The Morgan fingerprint density at radius 2 is 2.33 bits per heavy atom. The van der Waals surface area contributed by atoms with E-state index in [9.17, 15) is 4.79 Å². The van der Waals surface area contributed by atoms with Crippen LogP contribution in [0.5, 0.6) is 5.88 Å². The molecular weight excluding hydrogens is 266 g/mol. The highest BCUT2D eigenvalue weighted by atomic mass is 79.9. The number of hydrogen-bond donors (Lipinski definition) is 1. The molecule has 1 heterocycles. The van der Waals surface area contributed by atoms with Crippen molar-refractivity contribution >= 4 is 27.8 Å². The average molecular weight is 276 g/mol. The highest BCUT2D eigenvalue weighted by Gasteiger charge is 2.06. The molecule has 0 spiro atoms. The Kier molecular flexibility index (Phi) is 4.29. The van der Waals surface area contributed by atoms with E-state index in [1.165, 1.54) is 20.4 Å². The molecule has 1 aromatic heterocycles. The summed E-state index contributed by atoms with van der Waals surface area (Å²) in [5.74, 6) is 0.318. The van der Waals surface area contributed by atoms with Crippen LogP contribution in [0.4, 0.5) is 5.95 Å². The number of carbonyl (C=O) groups is 1. The lowest BCUT2D eigenvalue weighted by Crippen LogP contribution is -2.16. The van der Waals surface area contributed by atoms with Crippen LogP contribution >= 0.6 is 15.9 Å². The molecule has 0 saturated carbocycles. The van der Waals surface area contributed by atoms with E-state index in [0.29, 0.717) is 16.3 Å². The zero-order chi connectivity index (χ0) is 11.3. The topological polar surface area (TPSA) is 73.3 Å². The van der Waals surface area contributed by atoms with Crippen molar-refractivity contribution in [1.82, 2.24) is 9.97 Å². The molecule has 0 aliphatic heterocycles. The number of nitrogens with one attached hydrogen (secondary N) is 1. The van der Waals surface area contributed by atoms with Crippen LogP contribution in [0.25, 0.3) is 0 Å². The second kappa shape index (κ2) is 5.50. The fourth-order valence-corrected chi connectivity index (χ4v) is 1.16. The first-order valence-electron chi connectivity index (χ1n) is 4.04. The molecule has 0 fully saturated rings. The zero-order valence-corrected chi connectivity index (χ0v) is 9.87. The first kappa shape index (κ1) is 11.7. The van der Waals surface area contributed by atoms with E-state index in [2.05, 4.69) is 36.0 Å². The molecule has 0 saturated heterocycles. The Morgan fingerprint density at radius 1 is 1.60 bits per heavy atom. The molecule has 1 aromatic rings. The van der Waals surface area contributed by atoms with Gasteiger partial charge in [-0.1, -0.05) is 0 Å². The molecule has 0 aliphatic carbocycles. The zero-order valence-electron chi connectivity index (χ0n) is 8.28. The number of halogens is 1. The van der Waals surface area contributed by atoms with Gasteiger partial charge in [0, 0.05) is 0 Å². The SMILES string of the molecule is COC(=O)CNc1ncc(Br)c(OC)n1. The Labute approximate surface area is 95.1 Å². The minimum atomic E-state index is -0.388. The molecule has 0 bridgehead atoms. The quantitative estimate of drug-likeness (QED) is 0.821. The summed E-state index contributed by atoms with van der Waals surface area (Å²) in [6.07, 6.45) is 1.53. The third-order valence-electron chi connectivity index (χ3n) is 1.52. The van der Waals surface area contributed by atoms with E-state index in [0.717, 1.165) is 0 Å². The van der Waals surface area contributed by atoms with Crippen molar-refractivity contribution in [3.05, 3.63) is 10.7 Å². The van der Waals surface area contributed by atoms with Crippen LogP contribution in [0.3, 0.4) is 0 Å². The monoisotopic (exact) mass is 275 g/mol. The van der Waals surface area contributed by atoms with Crippen molar-refractivity contribution in [1.29, 1.82) is 0 Å². The molecule has 0 atom stereocenters. The molecule has 0 unspecified atom stereocenters. The van der Waals surface area contributed by atoms with Crippen LogP contribution in [0.15, 0.2) is 10.7 Å². The summed E-state index contributed by atoms with van der Waals surface area (Å²) in [6, 6.07) is 0. The van der Waals surface area contributed by atoms with Gasteiger partial charge in [0.05, 0.1) is 24.9 Å². The maximum Gasteiger partial charge on any atom is 0.325 e. The molecule has 0 aliphatic rings. The van der Waals surface area contributed by atoms with E-state index in [1.54, 1.807) is 0 Å². The van der Waals surface area contributed by atoms with Gasteiger partial charge in [-0.15, -0.1) is 0 Å². The Hall–Kier alpha value is -1.37. The Bertz CT molecular complexity index is 359. The van der Waals surface area contributed by atoms with E-state index >= 15 is 0 Å². The van der Waals surface area contributed by atoms with Gasteiger partial charge in [-0.3, -0.25) is 4.79 Å². The molecule has 0 radical (unpaired) electrons. The van der Waals surface area contributed by atoms with Crippen LogP contribution < -0.4 is 10.1 Å². The summed E-state index contributed by atoms with van der Waals surface area (Å²) in [5, 5.41) is 2.70.